The lowest BCUT2D eigenvalue weighted by Crippen LogP contribution is -2.43. The van der Waals surface area contributed by atoms with E-state index in [2.05, 4.69) is 0 Å². The highest BCUT2D eigenvalue weighted by Crippen LogP contribution is 2.23. The third-order valence-corrected chi connectivity index (χ3v) is 2.16. The minimum atomic E-state index is -1.30. The molecule has 1 heterocycles. The molecule has 1 rings (SSSR count). The number of carboxylic acids is 1. The minimum Gasteiger partial charge on any atom is -0.480 e. The van der Waals surface area contributed by atoms with Crippen LogP contribution in [0.5, 0.6) is 0 Å². The SMILES string of the molecule is CC(C)(C)OC(=O)N1C[C@H](F)C[C@@H]1C(=O)O. The van der Waals surface area contributed by atoms with E-state index in [9.17, 15) is 14.0 Å². The fraction of sp³-hybridized carbons (Fsp3) is 0.800. The molecule has 1 amide bonds. The lowest BCUT2D eigenvalue weighted by Gasteiger charge is -2.26. The molecule has 1 aliphatic rings. The van der Waals surface area contributed by atoms with Crippen molar-refractivity contribution in [3.05, 3.63) is 0 Å². The highest BCUT2D eigenvalue weighted by molar-refractivity contribution is 5.81. The molecular formula is C10H16FNO4. The summed E-state index contributed by atoms with van der Waals surface area (Å²) >= 11 is 0. The Labute approximate surface area is 93.2 Å². The van der Waals surface area contributed by atoms with Crippen LogP contribution in [-0.4, -0.2) is 46.4 Å². The number of carbonyl (C=O) groups is 2. The van der Waals surface area contributed by atoms with Gasteiger partial charge in [0.2, 0.25) is 0 Å². The van der Waals surface area contributed by atoms with Gasteiger partial charge in [0.25, 0.3) is 0 Å². The zero-order valence-corrected chi connectivity index (χ0v) is 9.57. The van der Waals surface area contributed by atoms with Gasteiger partial charge in [-0.05, 0) is 20.8 Å². The third kappa shape index (κ3) is 3.08. The van der Waals surface area contributed by atoms with Crippen molar-refractivity contribution in [2.45, 2.75) is 45.0 Å². The first-order valence-corrected chi connectivity index (χ1v) is 5.07. The molecule has 5 nitrogen and oxygen atoms in total. The van der Waals surface area contributed by atoms with Crippen LogP contribution in [0, 0.1) is 0 Å². The Bertz CT molecular complexity index is 300. The summed E-state index contributed by atoms with van der Waals surface area (Å²) in [4.78, 5) is 23.3. The Kier molecular flexibility index (Phi) is 3.40. The maximum absolute atomic E-state index is 13.1. The second-order valence-electron chi connectivity index (χ2n) is 4.82. The Morgan fingerprint density at radius 1 is 1.44 bits per heavy atom. The van der Waals surface area contributed by atoms with E-state index in [1.54, 1.807) is 20.8 Å². The molecule has 0 spiro atoms. The zero-order valence-electron chi connectivity index (χ0n) is 9.57. The summed E-state index contributed by atoms with van der Waals surface area (Å²) in [5, 5.41) is 8.83. The highest BCUT2D eigenvalue weighted by Gasteiger charge is 2.41. The van der Waals surface area contributed by atoms with Crippen molar-refractivity contribution in [2.75, 3.05) is 6.54 Å². The van der Waals surface area contributed by atoms with Gasteiger partial charge in [-0.3, -0.25) is 4.90 Å². The summed E-state index contributed by atoms with van der Waals surface area (Å²) in [5.41, 5.74) is -0.714. The van der Waals surface area contributed by atoms with Crippen molar-refractivity contribution in [1.29, 1.82) is 0 Å². The van der Waals surface area contributed by atoms with Gasteiger partial charge in [0.15, 0.2) is 0 Å². The molecule has 0 aromatic carbocycles. The predicted octanol–water partition coefficient (Wildman–Crippen LogP) is 1.42. The van der Waals surface area contributed by atoms with Gasteiger partial charge in [0.1, 0.15) is 17.8 Å². The number of carboxylic acid groups (broad SMARTS) is 1. The topological polar surface area (TPSA) is 66.8 Å². The van der Waals surface area contributed by atoms with Gasteiger partial charge in [-0.15, -0.1) is 0 Å². The summed E-state index contributed by atoms with van der Waals surface area (Å²) in [5.74, 6) is -1.20. The average Bonchev–Trinajstić information content (AvgIpc) is 2.44. The molecule has 6 heteroatoms. The van der Waals surface area contributed by atoms with Gasteiger partial charge in [-0.25, -0.2) is 14.0 Å². The van der Waals surface area contributed by atoms with E-state index in [0.29, 0.717) is 0 Å². The van der Waals surface area contributed by atoms with Crippen molar-refractivity contribution >= 4 is 12.1 Å². The van der Waals surface area contributed by atoms with E-state index in [4.69, 9.17) is 9.84 Å². The molecule has 0 aliphatic carbocycles. The lowest BCUT2D eigenvalue weighted by molar-refractivity contribution is -0.142. The van der Waals surface area contributed by atoms with Crippen LogP contribution in [-0.2, 0) is 9.53 Å². The van der Waals surface area contributed by atoms with E-state index < -0.39 is 29.9 Å². The Balaban J connectivity index is 2.71. The monoisotopic (exact) mass is 233 g/mol. The van der Waals surface area contributed by atoms with E-state index in [0.717, 1.165) is 4.90 Å². The number of carbonyl (C=O) groups excluding carboxylic acids is 1. The predicted molar refractivity (Wildman–Crippen MR) is 53.9 cm³/mol. The molecule has 0 unspecified atom stereocenters. The number of rotatable bonds is 1. The number of halogens is 1. The Hall–Kier alpha value is -1.33. The fourth-order valence-electron chi connectivity index (χ4n) is 1.54. The summed E-state index contributed by atoms with van der Waals surface area (Å²) in [6.07, 6.45) is -2.25. The maximum Gasteiger partial charge on any atom is 0.411 e. The van der Waals surface area contributed by atoms with Crippen LogP contribution in [0.2, 0.25) is 0 Å². The smallest absolute Gasteiger partial charge is 0.411 e. The number of amides is 1. The van der Waals surface area contributed by atoms with E-state index in [1.807, 2.05) is 0 Å². The van der Waals surface area contributed by atoms with Gasteiger partial charge in [0, 0.05) is 6.42 Å². The number of hydrogen-bond donors (Lipinski definition) is 1. The molecule has 1 N–H and O–H groups in total. The van der Waals surface area contributed by atoms with Crippen LogP contribution in [0.25, 0.3) is 0 Å². The first-order valence-electron chi connectivity index (χ1n) is 5.07. The number of ether oxygens (including phenoxy) is 1. The molecule has 0 saturated carbocycles. The van der Waals surface area contributed by atoms with Crippen LogP contribution >= 0.6 is 0 Å². The fourth-order valence-corrected chi connectivity index (χ4v) is 1.54. The van der Waals surface area contributed by atoms with Crippen LogP contribution in [0.3, 0.4) is 0 Å². The zero-order chi connectivity index (χ0) is 12.5. The largest absolute Gasteiger partial charge is 0.480 e. The molecule has 0 aromatic heterocycles. The molecule has 1 saturated heterocycles. The number of likely N-dealkylation sites (tertiary alicyclic amines) is 1. The molecule has 1 fully saturated rings. The van der Waals surface area contributed by atoms with E-state index in [-0.39, 0.29) is 13.0 Å². The molecule has 0 bridgehead atoms. The Morgan fingerprint density at radius 2 is 2.00 bits per heavy atom. The summed E-state index contributed by atoms with van der Waals surface area (Å²) in [7, 11) is 0. The summed E-state index contributed by atoms with van der Waals surface area (Å²) < 4.78 is 18.1. The number of nitrogens with zero attached hydrogens (tertiary/aromatic N) is 1. The van der Waals surface area contributed by atoms with E-state index in [1.165, 1.54) is 0 Å². The second kappa shape index (κ2) is 4.27. The quantitative estimate of drug-likeness (QED) is 0.743. The van der Waals surface area contributed by atoms with Crippen LogP contribution in [0.4, 0.5) is 9.18 Å². The minimum absolute atomic E-state index is 0.172. The van der Waals surface area contributed by atoms with Gasteiger partial charge >= 0.3 is 12.1 Å². The normalized spacial score (nSPS) is 25.6. The molecule has 1 aliphatic heterocycles. The summed E-state index contributed by atoms with van der Waals surface area (Å²) in [6, 6.07) is -1.12. The van der Waals surface area contributed by atoms with Crippen LogP contribution in [0.1, 0.15) is 27.2 Å². The molecule has 2 atom stereocenters. The number of alkyl halides is 1. The molecule has 0 radical (unpaired) electrons. The van der Waals surface area contributed by atoms with Gasteiger partial charge < -0.3 is 9.84 Å². The number of hydrogen-bond acceptors (Lipinski definition) is 3. The highest BCUT2D eigenvalue weighted by atomic mass is 19.1. The maximum atomic E-state index is 13.1. The van der Waals surface area contributed by atoms with Crippen molar-refractivity contribution < 1.29 is 23.8 Å². The van der Waals surface area contributed by atoms with Gasteiger partial charge in [-0.2, -0.15) is 0 Å². The first-order chi connectivity index (χ1) is 7.20. The Morgan fingerprint density at radius 3 is 2.44 bits per heavy atom. The standard InChI is InChI=1S/C10H16FNO4/c1-10(2,3)16-9(15)12-5-6(11)4-7(12)8(13)14/h6-7H,4-5H2,1-3H3,(H,13,14)/t6-,7-/m1/s1. The molecule has 16 heavy (non-hydrogen) atoms. The van der Waals surface area contributed by atoms with Gasteiger partial charge in [-0.1, -0.05) is 0 Å². The molecular weight excluding hydrogens is 217 g/mol. The van der Waals surface area contributed by atoms with Crippen molar-refractivity contribution in [2.24, 2.45) is 0 Å². The van der Waals surface area contributed by atoms with Crippen LogP contribution in [0.15, 0.2) is 0 Å². The number of aliphatic carboxylic acids is 1. The second-order valence-corrected chi connectivity index (χ2v) is 4.82. The molecule has 0 aromatic rings. The van der Waals surface area contributed by atoms with Crippen LogP contribution < -0.4 is 0 Å². The average molecular weight is 233 g/mol. The van der Waals surface area contributed by atoms with Crippen molar-refractivity contribution in [3.8, 4) is 0 Å². The summed E-state index contributed by atoms with van der Waals surface area (Å²) in [6.45, 7) is 4.79. The van der Waals surface area contributed by atoms with E-state index >= 15 is 0 Å². The van der Waals surface area contributed by atoms with Crippen molar-refractivity contribution in [3.63, 3.8) is 0 Å². The first kappa shape index (κ1) is 12.7. The van der Waals surface area contributed by atoms with Gasteiger partial charge in [0.05, 0.1) is 6.54 Å². The lowest BCUT2D eigenvalue weighted by atomic mass is 10.2. The third-order valence-electron chi connectivity index (χ3n) is 2.16. The van der Waals surface area contributed by atoms with Crippen molar-refractivity contribution in [1.82, 2.24) is 4.90 Å². The molecule has 92 valence electrons.